The molecule has 0 saturated carbocycles. The Morgan fingerprint density at radius 3 is 2.93 bits per heavy atom. The lowest BCUT2D eigenvalue weighted by atomic mass is 9.91. The van der Waals surface area contributed by atoms with Crippen molar-refractivity contribution in [3.63, 3.8) is 0 Å². The Hall–Kier alpha value is -0.410. The van der Waals surface area contributed by atoms with Crippen LogP contribution < -0.4 is 0 Å². The fraction of sp³-hybridized carbons (Fsp3) is 0.917. The zero-order chi connectivity index (χ0) is 11.1. The molecule has 0 aliphatic carbocycles. The molecule has 2 unspecified atom stereocenters. The highest BCUT2D eigenvalue weighted by atomic mass is 16.5. The number of carbonyl (C=O) groups excluding carboxylic acids is 1. The van der Waals surface area contributed by atoms with E-state index in [1.807, 2.05) is 6.92 Å². The summed E-state index contributed by atoms with van der Waals surface area (Å²) in [6.07, 6.45) is 4.12. The van der Waals surface area contributed by atoms with Crippen LogP contribution in [0, 0.1) is 5.92 Å². The summed E-state index contributed by atoms with van der Waals surface area (Å²) in [5.41, 5.74) is 0. The predicted octanol–water partition coefficient (Wildman–Crippen LogP) is 1.71. The molecule has 1 fully saturated rings. The highest BCUT2D eigenvalue weighted by Crippen LogP contribution is 2.23. The average Bonchev–Trinajstić information content (AvgIpc) is 2.29. The number of likely N-dealkylation sites (tertiary alicyclic amines) is 1. The van der Waals surface area contributed by atoms with Crippen molar-refractivity contribution in [1.82, 2.24) is 4.90 Å². The molecular formula is C12H23NO2. The summed E-state index contributed by atoms with van der Waals surface area (Å²) in [5.74, 6) is 0.545. The van der Waals surface area contributed by atoms with Crippen molar-refractivity contribution < 1.29 is 9.53 Å². The van der Waals surface area contributed by atoms with Crippen molar-refractivity contribution in [2.24, 2.45) is 5.92 Å². The summed E-state index contributed by atoms with van der Waals surface area (Å²) in [6, 6.07) is 0. The second kappa shape index (κ2) is 6.96. The molecule has 0 aromatic rings. The molecular weight excluding hydrogens is 190 g/mol. The SMILES string of the molecule is CCOC(CC=O)C1CCCN(CC)C1. The van der Waals surface area contributed by atoms with Crippen LogP contribution in [0.1, 0.15) is 33.1 Å². The van der Waals surface area contributed by atoms with Gasteiger partial charge in [0.05, 0.1) is 6.10 Å². The molecule has 0 amide bonds. The normalized spacial score (nSPS) is 25.1. The Kier molecular flexibility index (Phi) is 5.88. The van der Waals surface area contributed by atoms with Gasteiger partial charge in [-0.25, -0.2) is 0 Å². The first-order valence-corrected chi connectivity index (χ1v) is 6.09. The molecule has 88 valence electrons. The van der Waals surface area contributed by atoms with Crippen molar-refractivity contribution >= 4 is 6.29 Å². The minimum absolute atomic E-state index is 0.141. The van der Waals surface area contributed by atoms with E-state index in [1.54, 1.807) is 0 Å². The molecule has 0 radical (unpaired) electrons. The zero-order valence-electron chi connectivity index (χ0n) is 9.95. The van der Waals surface area contributed by atoms with Gasteiger partial charge in [0.1, 0.15) is 6.29 Å². The van der Waals surface area contributed by atoms with Gasteiger partial charge in [0.25, 0.3) is 0 Å². The lowest BCUT2D eigenvalue weighted by molar-refractivity contribution is -0.112. The molecule has 1 heterocycles. The molecule has 1 aliphatic heterocycles. The number of carbonyl (C=O) groups is 1. The maximum absolute atomic E-state index is 10.6. The number of hydrogen-bond donors (Lipinski definition) is 0. The predicted molar refractivity (Wildman–Crippen MR) is 60.9 cm³/mol. The molecule has 0 aromatic carbocycles. The fourth-order valence-electron chi connectivity index (χ4n) is 2.39. The largest absolute Gasteiger partial charge is 0.378 e. The van der Waals surface area contributed by atoms with E-state index in [0.29, 0.717) is 18.9 Å². The van der Waals surface area contributed by atoms with E-state index in [0.717, 1.165) is 19.4 Å². The van der Waals surface area contributed by atoms with Crippen LogP contribution in [0.5, 0.6) is 0 Å². The Balaban J connectivity index is 2.46. The van der Waals surface area contributed by atoms with Crippen molar-refractivity contribution in [2.45, 2.75) is 39.2 Å². The lowest BCUT2D eigenvalue weighted by Gasteiger charge is -2.35. The second-order valence-corrected chi connectivity index (χ2v) is 4.19. The molecule has 0 spiro atoms. The zero-order valence-corrected chi connectivity index (χ0v) is 9.95. The van der Waals surface area contributed by atoms with Gasteiger partial charge in [-0.3, -0.25) is 0 Å². The van der Waals surface area contributed by atoms with Crippen molar-refractivity contribution in [1.29, 1.82) is 0 Å². The van der Waals surface area contributed by atoms with Crippen LogP contribution in [0.3, 0.4) is 0 Å². The molecule has 1 saturated heterocycles. The third kappa shape index (κ3) is 3.92. The van der Waals surface area contributed by atoms with Gasteiger partial charge < -0.3 is 14.4 Å². The average molecular weight is 213 g/mol. The van der Waals surface area contributed by atoms with E-state index < -0.39 is 0 Å². The minimum Gasteiger partial charge on any atom is -0.378 e. The second-order valence-electron chi connectivity index (χ2n) is 4.19. The first kappa shape index (κ1) is 12.7. The summed E-state index contributed by atoms with van der Waals surface area (Å²) in [6.45, 7) is 8.30. The van der Waals surface area contributed by atoms with Gasteiger partial charge >= 0.3 is 0 Å². The van der Waals surface area contributed by atoms with Crippen LogP contribution in [-0.4, -0.2) is 43.5 Å². The van der Waals surface area contributed by atoms with Crippen LogP contribution >= 0.6 is 0 Å². The number of piperidine rings is 1. The Bertz CT molecular complexity index is 184. The Morgan fingerprint density at radius 2 is 2.33 bits per heavy atom. The smallest absolute Gasteiger partial charge is 0.122 e. The fourth-order valence-corrected chi connectivity index (χ4v) is 2.39. The number of nitrogens with zero attached hydrogens (tertiary/aromatic N) is 1. The highest BCUT2D eigenvalue weighted by molar-refractivity contribution is 5.50. The highest BCUT2D eigenvalue weighted by Gasteiger charge is 2.26. The van der Waals surface area contributed by atoms with E-state index >= 15 is 0 Å². The molecule has 15 heavy (non-hydrogen) atoms. The minimum atomic E-state index is 0.141. The molecule has 3 heteroatoms. The van der Waals surface area contributed by atoms with Crippen LogP contribution in [0.2, 0.25) is 0 Å². The first-order valence-electron chi connectivity index (χ1n) is 6.09. The number of hydrogen-bond acceptors (Lipinski definition) is 3. The van der Waals surface area contributed by atoms with E-state index in [4.69, 9.17) is 4.74 Å². The molecule has 2 atom stereocenters. The summed E-state index contributed by atoms with van der Waals surface area (Å²) >= 11 is 0. The van der Waals surface area contributed by atoms with E-state index in [9.17, 15) is 4.79 Å². The molecule has 0 N–H and O–H groups in total. The van der Waals surface area contributed by atoms with Crippen LogP contribution in [-0.2, 0) is 9.53 Å². The monoisotopic (exact) mass is 213 g/mol. The van der Waals surface area contributed by atoms with E-state index in [1.165, 1.54) is 19.4 Å². The maximum atomic E-state index is 10.6. The van der Waals surface area contributed by atoms with E-state index in [2.05, 4.69) is 11.8 Å². The maximum Gasteiger partial charge on any atom is 0.122 e. The third-order valence-electron chi connectivity index (χ3n) is 3.22. The van der Waals surface area contributed by atoms with Gasteiger partial charge in [0.15, 0.2) is 0 Å². The first-order chi connectivity index (χ1) is 7.31. The Morgan fingerprint density at radius 1 is 1.53 bits per heavy atom. The van der Waals surface area contributed by atoms with E-state index in [-0.39, 0.29) is 6.10 Å². The molecule has 1 aliphatic rings. The third-order valence-corrected chi connectivity index (χ3v) is 3.22. The molecule has 0 aromatic heterocycles. The topological polar surface area (TPSA) is 29.5 Å². The number of ether oxygens (including phenoxy) is 1. The van der Waals surface area contributed by atoms with Crippen molar-refractivity contribution in [2.75, 3.05) is 26.2 Å². The van der Waals surface area contributed by atoms with Gasteiger partial charge in [-0.15, -0.1) is 0 Å². The number of aldehydes is 1. The number of rotatable bonds is 6. The molecule has 0 bridgehead atoms. The van der Waals surface area contributed by atoms with Gasteiger partial charge in [-0.1, -0.05) is 6.92 Å². The van der Waals surface area contributed by atoms with Gasteiger partial charge in [0.2, 0.25) is 0 Å². The van der Waals surface area contributed by atoms with Gasteiger partial charge in [-0.2, -0.15) is 0 Å². The molecule has 1 rings (SSSR count). The summed E-state index contributed by atoms with van der Waals surface area (Å²) < 4.78 is 5.66. The Labute approximate surface area is 92.8 Å². The van der Waals surface area contributed by atoms with Gasteiger partial charge in [-0.05, 0) is 38.8 Å². The van der Waals surface area contributed by atoms with Crippen molar-refractivity contribution in [3.05, 3.63) is 0 Å². The van der Waals surface area contributed by atoms with Crippen LogP contribution in [0.4, 0.5) is 0 Å². The van der Waals surface area contributed by atoms with Crippen LogP contribution in [0.25, 0.3) is 0 Å². The summed E-state index contributed by atoms with van der Waals surface area (Å²) in [4.78, 5) is 13.0. The van der Waals surface area contributed by atoms with Crippen LogP contribution in [0.15, 0.2) is 0 Å². The standard InChI is InChI=1S/C12H23NO2/c1-3-13-8-5-6-11(10-13)12(7-9-14)15-4-2/h9,11-12H,3-8,10H2,1-2H3. The van der Waals surface area contributed by atoms with Gasteiger partial charge in [0, 0.05) is 19.6 Å². The lowest BCUT2D eigenvalue weighted by Crippen LogP contribution is -2.41. The molecule has 3 nitrogen and oxygen atoms in total. The van der Waals surface area contributed by atoms with Crippen molar-refractivity contribution in [3.8, 4) is 0 Å². The quantitative estimate of drug-likeness (QED) is 0.629. The summed E-state index contributed by atoms with van der Waals surface area (Å²) in [7, 11) is 0. The summed E-state index contributed by atoms with van der Waals surface area (Å²) in [5, 5.41) is 0.